The first-order valence-electron chi connectivity index (χ1n) is 8.64. The molecule has 2 aromatic rings. The van der Waals surface area contributed by atoms with E-state index < -0.39 is 6.10 Å². The molecule has 0 aromatic heterocycles. The molecule has 2 heterocycles. The number of amides is 1. The third-order valence-corrected chi connectivity index (χ3v) is 5.06. The molecule has 0 saturated carbocycles. The van der Waals surface area contributed by atoms with Gasteiger partial charge in [-0.25, -0.2) is 4.39 Å². The second kappa shape index (κ2) is 6.58. The van der Waals surface area contributed by atoms with Crippen LogP contribution in [0.25, 0.3) is 0 Å². The number of carbonyl (C=O) groups is 1. The first-order valence-corrected chi connectivity index (χ1v) is 8.64. The molecule has 0 aliphatic carbocycles. The Morgan fingerprint density at radius 3 is 2.64 bits per heavy atom. The zero-order valence-electron chi connectivity index (χ0n) is 13.9. The van der Waals surface area contributed by atoms with Gasteiger partial charge in [-0.3, -0.25) is 4.79 Å². The molecule has 2 aliphatic heterocycles. The van der Waals surface area contributed by atoms with E-state index in [1.54, 1.807) is 12.1 Å². The molecule has 1 amide bonds. The van der Waals surface area contributed by atoms with E-state index in [1.807, 2.05) is 23.1 Å². The van der Waals surface area contributed by atoms with E-state index in [0.717, 1.165) is 17.5 Å². The lowest BCUT2D eigenvalue weighted by Gasteiger charge is -2.39. The van der Waals surface area contributed by atoms with Crippen molar-refractivity contribution in [3.63, 3.8) is 0 Å². The smallest absolute Gasteiger partial charge is 0.252 e. The Morgan fingerprint density at radius 1 is 1.16 bits per heavy atom. The summed E-state index contributed by atoms with van der Waals surface area (Å²) in [5.74, 6) is -0.312. The van der Waals surface area contributed by atoms with Gasteiger partial charge in [0.1, 0.15) is 11.9 Å². The molecule has 4 rings (SSSR count). The molecular weight excluding hydrogens is 319 g/mol. The van der Waals surface area contributed by atoms with Gasteiger partial charge in [-0.15, -0.1) is 0 Å². The summed E-state index contributed by atoms with van der Waals surface area (Å²) in [5.41, 5.74) is 9.12. The summed E-state index contributed by atoms with van der Waals surface area (Å²) < 4.78 is 19.0. The van der Waals surface area contributed by atoms with Crippen LogP contribution in [-0.4, -0.2) is 36.1 Å². The number of rotatable bonds is 2. The maximum atomic E-state index is 13.4. The fourth-order valence-corrected chi connectivity index (χ4v) is 3.82. The molecule has 0 unspecified atom stereocenters. The highest BCUT2D eigenvalue weighted by atomic mass is 19.1. The van der Waals surface area contributed by atoms with E-state index in [2.05, 4.69) is 6.07 Å². The monoisotopic (exact) mass is 340 g/mol. The van der Waals surface area contributed by atoms with Crippen LogP contribution in [0.1, 0.15) is 29.2 Å². The van der Waals surface area contributed by atoms with Crippen LogP contribution in [0, 0.1) is 5.82 Å². The standard InChI is InChI=1S/C20H21FN2O2/c21-15-7-5-14(6-8-15)19-17-4-2-1-3-13(17)9-10-23(19)20(24)18-11-16(22)12-25-18/h1-8,16,18-19H,9-12,22H2/t16-,18+,19+/m1/s1. The molecule has 2 N–H and O–H groups in total. The van der Waals surface area contributed by atoms with Gasteiger partial charge in [0.25, 0.3) is 5.91 Å². The van der Waals surface area contributed by atoms with Gasteiger partial charge in [0, 0.05) is 12.6 Å². The zero-order chi connectivity index (χ0) is 17.4. The number of fused-ring (bicyclic) bond motifs is 1. The average Bonchev–Trinajstić information content (AvgIpc) is 3.07. The van der Waals surface area contributed by atoms with Crippen LogP contribution in [0.3, 0.4) is 0 Å². The molecule has 4 nitrogen and oxygen atoms in total. The lowest BCUT2D eigenvalue weighted by molar-refractivity contribution is -0.143. The average molecular weight is 340 g/mol. The van der Waals surface area contributed by atoms with Crippen molar-refractivity contribution < 1.29 is 13.9 Å². The van der Waals surface area contributed by atoms with E-state index in [-0.39, 0.29) is 23.8 Å². The van der Waals surface area contributed by atoms with Crippen molar-refractivity contribution in [2.24, 2.45) is 5.73 Å². The highest BCUT2D eigenvalue weighted by Gasteiger charge is 2.38. The SMILES string of the molecule is N[C@H]1CO[C@H](C(=O)N2CCc3ccccc3[C@@H]2c2ccc(F)cc2)C1. The van der Waals surface area contributed by atoms with E-state index in [0.29, 0.717) is 19.6 Å². The Bertz CT molecular complexity index is 778. The van der Waals surface area contributed by atoms with Crippen LogP contribution < -0.4 is 5.73 Å². The van der Waals surface area contributed by atoms with Gasteiger partial charge in [0.2, 0.25) is 0 Å². The topological polar surface area (TPSA) is 55.6 Å². The first kappa shape index (κ1) is 16.2. The van der Waals surface area contributed by atoms with Crippen LogP contribution in [0.5, 0.6) is 0 Å². The second-order valence-electron chi connectivity index (χ2n) is 6.75. The van der Waals surface area contributed by atoms with Crippen molar-refractivity contribution in [2.75, 3.05) is 13.2 Å². The largest absolute Gasteiger partial charge is 0.367 e. The van der Waals surface area contributed by atoms with Gasteiger partial charge < -0.3 is 15.4 Å². The van der Waals surface area contributed by atoms with Gasteiger partial charge in [-0.05, 0) is 41.7 Å². The Morgan fingerprint density at radius 2 is 1.92 bits per heavy atom. The number of nitrogens with zero attached hydrogens (tertiary/aromatic N) is 1. The second-order valence-corrected chi connectivity index (χ2v) is 6.75. The van der Waals surface area contributed by atoms with E-state index in [9.17, 15) is 9.18 Å². The van der Waals surface area contributed by atoms with E-state index in [4.69, 9.17) is 10.5 Å². The summed E-state index contributed by atoms with van der Waals surface area (Å²) in [7, 11) is 0. The van der Waals surface area contributed by atoms with E-state index in [1.165, 1.54) is 17.7 Å². The minimum absolute atomic E-state index is 0.0308. The maximum Gasteiger partial charge on any atom is 0.252 e. The van der Waals surface area contributed by atoms with Crippen LogP contribution >= 0.6 is 0 Å². The lowest BCUT2D eigenvalue weighted by atomic mass is 9.87. The fraction of sp³-hybridized carbons (Fsp3) is 0.350. The molecule has 0 radical (unpaired) electrons. The van der Waals surface area contributed by atoms with Crippen LogP contribution in [0.4, 0.5) is 4.39 Å². The van der Waals surface area contributed by atoms with Gasteiger partial charge in [-0.2, -0.15) is 0 Å². The summed E-state index contributed by atoms with van der Waals surface area (Å²) in [5, 5.41) is 0. The predicted octanol–water partition coefficient (Wildman–Crippen LogP) is 2.42. The number of halogens is 1. The minimum Gasteiger partial charge on any atom is -0.367 e. The van der Waals surface area contributed by atoms with Crippen LogP contribution in [0.15, 0.2) is 48.5 Å². The molecule has 25 heavy (non-hydrogen) atoms. The number of ether oxygens (including phenoxy) is 1. The molecule has 2 aliphatic rings. The maximum absolute atomic E-state index is 13.4. The quantitative estimate of drug-likeness (QED) is 0.913. The Labute approximate surface area is 146 Å². The molecule has 2 aromatic carbocycles. The molecule has 130 valence electrons. The third-order valence-electron chi connectivity index (χ3n) is 5.06. The molecule has 0 bridgehead atoms. The molecule has 1 fully saturated rings. The van der Waals surface area contributed by atoms with Crippen molar-refractivity contribution >= 4 is 5.91 Å². The Balaban J connectivity index is 1.72. The molecule has 5 heteroatoms. The highest BCUT2D eigenvalue weighted by Crippen LogP contribution is 2.36. The van der Waals surface area contributed by atoms with Crippen molar-refractivity contribution in [1.29, 1.82) is 0 Å². The summed E-state index contributed by atoms with van der Waals surface area (Å²) in [6.07, 6.45) is 0.870. The van der Waals surface area contributed by atoms with Crippen LogP contribution in [0.2, 0.25) is 0 Å². The van der Waals surface area contributed by atoms with Crippen molar-refractivity contribution in [3.05, 3.63) is 71.0 Å². The van der Waals surface area contributed by atoms with Crippen molar-refractivity contribution in [2.45, 2.75) is 31.0 Å². The number of benzene rings is 2. The molecule has 0 spiro atoms. The highest BCUT2D eigenvalue weighted by molar-refractivity contribution is 5.82. The third kappa shape index (κ3) is 3.05. The van der Waals surface area contributed by atoms with Gasteiger partial charge in [0.15, 0.2) is 0 Å². The summed E-state index contributed by atoms with van der Waals surface area (Å²) in [4.78, 5) is 14.9. The number of nitrogens with two attached hydrogens (primary N) is 1. The normalized spacial score (nSPS) is 25.7. The summed E-state index contributed by atoms with van der Waals surface area (Å²) in [6.45, 7) is 1.04. The molecular formula is C20H21FN2O2. The summed E-state index contributed by atoms with van der Waals surface area (Å²) >= 11 is 0. The van der Waals surface area contributed by atoms with E-state index >= 15 is 0 Å². The number of hydrogen-bond donors (Lipinski definition) is 1. The fourth-order valence-electron chi connectivity index (χ4n) is 3.82. The van der Waals surface area contributed by atoms with Gasteiger partial charge in [0.05, 0.1) is 12.6 Å². The predicted molar refractivity (Wildman–Crippen MR) is 92.4 cm³/mol. The van der Waals surface area contributed by atoms with Crippen LogP contribution in [-0.2, 0) is 16.0 Å². The van der Waals surface area contributed by atoms with Gasteiger partial charge in [-0.1, -0.05) is 36.4 Å². The Hall–Kier alpha value is -2.24. The minimum atomic E-state index is -0.483. The number of carbonyl (C=O) groups excluding carboxylic acids is 1. The Kier molecular flexibility index (Phi) is 4.27. The summed E-state index contributed by atoms with van der Waals surface area (Å²) in [6, 6.07) is 14.2. The molecule has 1 saturated heterocycles. The zero-order valence-corrected chi connectivity index (χ0v) is 13.9. The first-order chi connectivity index (χ1) is 12.1. The van der Waals surface area contributed by atoms with Crippen molar-refractivity contribution in [3.8, 4) is 0 Å². The van der Waals surface area contributed by atoms with Gasteiger partial charge >= 0.3 is 0 Å². The number of hydrogen-bond acceptors (Lipinski definition) is 3. The molecule has 3 atom stereocenters. The lowest BCUT2D eigenvalue weighted by Crippen LogP contribution is -2.45. The van der Waals surface area contributed by atoms with Crippen molar-refractivity contribution in [1.82, 2.24) is 4.90 Å².